The topological polar surface area (TPSA) is 29.5 Å². The number of allylic oxidation sites excluding steroid dienone is 2. The molecule has 0 amide bonds. The van der Waals surface area contributed by atoms with Gasteiger partial charge in [0.05, 0.1) is 6.61 Å². The van der Waals surface area contributed by atoms with Crippen LogP contribution in [0.5, 0.6) is 0 Å². The minimum atomic E-state index is -0.677. The molecular formula is C19H20O2. The first-order valence-electron chi connectivity index (χ1n) is 7.06. The molecule has 1 N–H and O–H groups in total. The van der Waals surface area contributed by atoms with Gasteiger partial charge in [0.25, 0.3) is 0 Å². The number of benzene rings is 1. The second kappa shape index (κ2) is 7.08. The minimum Gasteiger partial charge on any atom is -0.381 e. The van der Waals surface area contributed by atoms with Gasteiger partial charge in [0, 0.05) is 6.42 Å². The van der Waals surface area contributed by atoms with Crippen LogP contribution in [-0.2, 0) is 4.74 Å². The van der Waals surface area contributed by atoms with Crippen LogP contribution in [0.15, 0.2) is 61.2 Å². The smallest absolute Gasteiger partial charge is 0.151 e. The quantitative estimate of drug-likeness (QED) is 0.677. The lowest BCUT2D eigenvalue weighted by atomic mass is 9.89. The van der Waals surface area contributed by atoms with Gasteiger partial charge >= 0.3 is 0 Å². The van der Waals surface area contributed by atoms with E-state index in [0.29, 0.717) is 13.0 Å². The lowest BCUT2D eigenvalue weighted by Gasteiger charge is -2.27. The number of aliphatic hydroxyl groups is 1. The first-order chi connectivity index (χ1) is 10.2. The summed E-state index contributed by atoms with van der Waals surface area (Å²) in [6, 6.07) is 10.2. The average Bonchev–Trinajstić information content (AvgIpc) is 2.53. The highest BCUT2D eigenvalue weighted by Crippen LogP contribution is 2.29. The Hall–Kier alpha value is -2.08. The zero-order valence-electron chi connectivity index (χ0n) is 12.3. The SMILES string of the molecule is C=CCOC1(C#CC(C)O)C=CC(c2ccccc2)=CC1. The maximum absolute atomic E-state index is 9.36. The van der Waals surface area contributed by atoms with E-state index in [2.05, 4.69) is 36.6 Å². The van der Waals surface area contributed by atoms with Crippen LogP contribution in [0, 0.1) is 11.8 Å². The van der Waals surface area contributed by atoms with E-state index in [0.717, 1.165) is 5.57 Å². The molecule has 2 rings (SSSR count). The van der Waals surface area contributed by atoms with Crippen LogP contribution in [-0.4, -0.2) is 23.4 Å². The summed E-state index contributed by atoms with van der Waals surface area (Å²) in [6.45, 7) is 5.74. The third-order valence-electron chi connectivity index (χ3n) is 3.22. The number of rotatable bonds is 4. The summed E-state index contributed by atoms with van der Waals surface area (Å²) >= 11 is 0. The third-order valence-corrected chi connectivity index (χ3v) is 3.22. The summed E-state index contributed by atoms with van der Waals surface area (Å²) in [7, 11) is 0. The predicted octanol–water partition coefficient (Wildman–Crippen LogP) is 3.36. The van der Waals surface area contributed by atoms with Gasteiger partial charge in [0.1, 0.15) is 6.10 Å². The van der Waals surface area contributed by atoms with Crippen molar-refractivity contribution >= 4 is 5.57 Å². The molecule has 21 heavy (non-hydrogen) atoms. The van der Waals surface area contributed by atoms with Gasteiger partial charge in [-0.1, -0.05) is 60.4 Å². The van der Waals surface area contributed by atoms with E-state index in [-0.39, 0.29) is 0 Å². The normalized spacial score (nSPS) is 21.9. The number of hydrogen-bond acceptors (Lipinski definition) is 2. The summed E-state index contributed by atoms with van der Waals surface area (Å²) in [4.78, 5) is 0. The molecular weight excluding hydrogens is 260 g/mol. The molecule has 0 aromatic heterocycles. The zero-order chi connectivity index (χ0) is 15.1. The first-order valence-corrected chi connectivity index (χ1v) is 7.06. The standard InChI is InChI=1S/C19H20O2/c1-3-15-21-19(12-9-16(2)20)13-10-18(11-14-19)17-7-5-4-6-8-17/h3-8,10-11,13,16,20H,1,14-15H2,2H3. The van der Waals surface area contributed by atoms with Crippen molar-refractivity contribution in [3.63, 3.8) is 0 Å². The molecule has 2 heteroatoms. The number of hydrogen-bond donors (Lipinski definition) is 1. The van der Waals surface area contributed by atoms with Crippen molar-refractivity contribution in [2.45, 2.75) is 25.0 Å². The Bertz CT molecular complexity index is 599. The van der Waals surface area contributed by atoms with Crippen LogP contribution in [0.4, 0.5) is 0 Å². The van der Waals surface area contributed by atoms with Crippen molar-refractivity contribution < 1.29 is 9.84 Å². The molecule has 1 aliphatic carbocycles. The number of aliphatic hydroxyl groups excluding tert-OH is 1. The highest BCUT2D eigenvalue weighted by Gasteiger charge is 2.27. The van der Waals surface area contributed by atoms with Crippen molar-refractivity contribution in [2.75, 3.05) is 6.61 Å². The average molecular weight is 280 g/mol. The maximum Gasteiger partial charge on any atom is 0.151 e. The van der Waals surface area contributed by atoms with Gasteiger partial charge in [-0.15, -0.1) is 6.58 Å². The Morgan fingerprint density at radius 2 is 2.19 bits per heavy atom. The first kappa shape index (κ1) is 15.3. The second-order valence-corrected chi connectivity index (χ2v) is 5.00. The fourth-order valence-corrected chi connectivity index (χ4v) is 2.14. The molecule has 0 heterocycles. The largest absolute Gasteiger partial charge is 0.381 e. The lowest BCUT2D eigenvalue weighted by molar-refractivity contribution is 0.0565. The van der Waals surface area contributed by atoms with E-state index >= 15 is 0 Å². The molecule has 2 atom stereocenters. The molecule has 0 bridgehead atoms. The van der Waals surface area contributed by atoms with Gasteiger partial charge < -0.3 is 9.84 Å². The Labute approximate surface area is 126 Å². The summed E-state index contributed by atoms with van der Waals surface area (Å²) < 4.78 is 5.82. The molecule has 0 saturated heterocycles. The van der Waals surface area contributed by atoms with Crippen molar-refractivity contribution in [2.24, 2.45) is 0 Å². The van der Waals surface area contributed by atoms with Crippen molar-refractivity contribution in [1.82, 2.24) is 0 Å². The highest BCUT2D eigenvalue weighted by atomic mass is 16.5. The van der Waals surface area contributed by atoms with Gasteiger partial charge in [-0.2, -0.15) is 0 Å². The molecule has 0 aliphatic heterocycles. The lowest BCUT2D eigenvalue weighted by Crippen LogP contribution is -2.30. The van der Waals surface area contributed by atoms with Crippen LogP contribution in [0.3, 0.4) is 0 Å². The van der Waals surface area contributed by atoms with Crippen LogP contribution in [0.25, 0.3) is 5.57 Å². The number of ether oxygens (including phenoxy) is 1. The summed E-state index contributed by atoms with van der Waals surface area (Å²) in [5, 5.41) is 9.36. The fraction of sp³-hybridized carbons (Fsp3) is 0.263. The van der Waals surface area contributed by atoms with Gasteiger partial charge in [0.2, 0.25) is 0 Å². The van der Waals surface area contributed by atoms with Crippen molar-refractivity contribution in [3.05, 3.63) is 66.8 Å². The minimum absolute atomic E-state index is 0.424. The predicted molar refractivity (Wildman–Crippen MR) is 86.5 cm³/mol. The zero-order valence-corrected chi connectivity index (χ0v) is 12.3. The molecule has 0 spiro atoms. The molecule has 0 fully saturated rings. The third kappa shape index (κ3) is 4.19. The maximum atomic E-state index is 9.36. The monoisotopic (exact) mass is 280 g/mol. The molecule has 1 aliphatic rings. The Kier molecular flexibility index (Phi) is 5.16. The Morgan fingerprint density at radius 3 is 2.76 bits per heavy atom. The molecule has 1 aromatic carbocycles. The van der Waals surface area contributed by atoms with Crippen molar-refractivity contribution in [3.8, 4) is 11.8 Å². The summed E-state index contributed by atoms with van der Waals surface area (Å²) in [5.41, 5.74) is 1.66. The highest BCUT2D eigenvalue weighted by molar-refractivity contribution is 5.75. The molecule has 108 valence electrons. The van der Waals surface area contributed by atoms with E-state index in [1.807, 2.05) is 30.4 Å². The van der Waals surface area contributed by atoms with E-state index < -0.39 is 11.7 Å². The Morgan fingerprint density at radius 1 is 1.43 bits per heavy atom. The van der Waals surface area contributed by atoms with E-state index in [4.69, 9.17) is 4.74 Å². The van der Waals surface area contributed by atoms with Gasteiger partial charge in [-0.05, 0) is 24.1 Å². The molecule has 1 aromatic rings. The van der Waals surface area contributed by atoms with E-state index in [1.54, 1.807) is 13.0 Å². The summed E-state index contributed by atoms with van der Waals surface area (Å²) in [6.07, 6.45) is 7.81. The van der Waals surface area contributed by atoms with Crippen LogP contribution < -0.4 is 0 Å². The van der Waals surface area contributed by atoms with E-state index in [9.17, 15) is 5.11 Å². The second-order valence-electron chi connectivity index (χ2n) is 5.00. The Balaban J connectivity index is 2.21. The summed E-state index contributed by atoms with van der Waals surface area (Å²) in [5.74, 6) is 5.83. The van der Waals surface area contributed by atoms with Crippen LogP contribution in [0.2, 0.25) is 0 Å². The van der Waals surface area contributed by atoms with Crippen LogP contribution >= 0.6 is 0 Å². The van der Waals surface area contributed by atoms with E-state index in [1.165, 1.54) is 5.56 Å². The fourth-order valence-electron chi connectivity index (χ4n) is 2.14. The molecule has 0 saturated carbocycles. The van der Waals surface area contributed by atoms with Gasteiger partial charge in [-0.25, -0.2) is 0 Å². The van der Waals surface area contributed by atoms with Crippen molar-refractivity contribution in [1.29, 1.82) is 0 Å². The molecule has 2 unspecified atom stereocenters. The van der Waals surface area contributed by atoms with Crippen LogP contribution in [0.1, 0.15) is 18.9 Å². The van der Waals surface area contributed by atoms with Gasteiger partial charge in [-0.3, -0.25) is 0 Å². The molecule has 2 nitrogen and oxygen atoms in total. The molecule has 0 radical (unpaired) electrons. The van der Waals surface area contributed by atoms with Gasteiger partial charge in [0.15, 0.2) is 5.60 Å².